The number of benzene rings is 12. The first-order chi connectivity index (χ1) is 49.5. The molecular formula is C88H76BClN8O3. The lowest BCUT2D eigenvalue weighted by molar-refractivity contribution is 0.00578. The number of ether oxygens (including phenoxy) is 1. The topological polar surface area (TPSA) is 112 Å². The second kappa shape index (κ2) is 32.4. The van der Waals surface area contributed by atoms with E-state index >= 15 is 0 Å². The monoisotopic (exact) mass is 1340 g/mol. The van der Waals surface area contributed by atoms with E-state index in [9.17, 15) is 0 Å². The first-order valence-electron chi connectivity index (χ1n) is 34.0. The van der Waals surface area contributed by atoms with E-state index in [2.05, 4.69) is 247 Å². The van der Waals surface area contributed by atoms with Crippen LogP contribution in [0.5, 0.6) is 0 Å². The minimum Gasteiger partial charge on any atom is -0.399 e. The highest BCUT2D eigenvalue weighted by Crippen LogP contribution is 2.40. The second-order valence-corrected chi connectivity index (χ2v) is 25.6. The van der Waals surface area contributed by atoms with E-state index in [1.165, 1.54) is 18.4 Å². The molecule has 0 N–H and O–H groups in total. The van der Waals surface area contributed by atoms with Gasteiger partial charge in [0.2, 0.25) is 5.28 Å². The van der Waals surface area contributed by atoms with E-state index in [-0.39, 0.29) is 23.6 Å². The smallest absolute Gasteiger partial charge is 0.399 e. The molecular weight excluding hydrogens is 1260 g/mol. The third-order valence-electron chi connectivity index (χ3n) is 17.8. The molecule has 0 aliphatic carbocycles. The molecule has 0 spiro atoms. The van der Waals surface area contributed by atoms with Crippen molar-refractivity contribution in [3.8, 4) is 79.2 Å². The number of halogens is 1. The van der Waals surface area contributed by atoms with E-state index in [0.717, 1.165) is 97.3 Å². The zero-order valence-corrected chi connectivity index (χ0v) is 57.7. The molecule has 4 heterocycles. The summed E-state index contributed by atoms with van der Waals surface area (Å²) in [5.74, 6) is 3.13. The van der Waals surface area contributed by atoms with Gasteiger partial charge in [0.1, 0.15) is 0 Å². The van der Waals surface area contributed by atoms with Crippen molar-refractivity contribution >= 4 is 58.3 Å². The fraction of sp³-hybridized carbons (Fsp3) is 0.114. The highest BCUT2D eigenvalue weighted by Gasteiger charge is 2.51. The molecule has 101 heavy (non-hydrogen) atoms. The first-order valence-corrected chi connectivity index (χ1v) is 34.4. The number of hydrogen-bond donors (Lipinski definition) is 0. The number of aromatic nitrogens is 6. The van der Waals surface area contributed by atoms with Crippen molar-refractivity contribution in [2.24, 2.45) is 0 Å². The van der Waals surface area contributed by atoms with Gasteiger partial charge in [-0.2, -0.15) is 9.97 Å². The fourth-order valence-corrected chi connectivity index (χ4v) is 11.8. The molecule has 2 aliphatic heterocycles. The number of nitrogens with zero attached hydrogens (tertiary/aromatic N) is 8. The third kappa shape index (κ3) is 17.1. The van der Waals surface area contributed by atoms with Gasteiger partial charge in [-0.3, -0.25) is 0 Å². The maximum Gasteiger partial charge on any atom is 0.494 e. The molecule has 16 rings (SSSR count). The molecule has 12 aromatic carbocycles. The van der Waals surface area contributed by atoms with Crippen LogP contribution in [0.15, 0.2) is 340 Å². The molecule has 0 saturated carbocycles. The molecule has 0 amide bonds. The predicted molar refractivity (Wildman–Crippen MR) is 414 cm³/mol. The van der Waals surface area contributed by atoms with E-state index in [1.54, 1.807) is 0 Å². The highest BCUT2D eigenvalue weighted by molar-refractivity contribution is 6.62. The standard InChI is InChI=1S/C39H28N4.C30H30BNO2.C15H10ClN3.C4H8O/c1-5-13-31(14-6-1)37-40-38(32-15-7-2-8-16-32)42-39(41-37)33-23-21-29(22-24-33)30-25-27-36(28-26-30)43(34-17-9-3-10-18-34)35-19-11-4-12-20-35;1-29(2)30(3,4)34-31(33-29)25-19-15-23(16-20-25)24-17-21-28(22-18-24)32(26-11-7-5-8-12-26)27-13-9-6-10-14-27;16-15-18-13(11-7-3-1-4-8-11)17-14(19-15)12-9-5-2-6-10-12;1-2-4-5-3-1/h1-28H;5-22H,1-4H3;1-10H;1-4H2. The van der Waals surface area contributed by atoms with Crippen LogP contribution in [0.2, 0.25) is 5.28 Å². The summed E-state index contributed by atoms with van der Waals surface area (Å²) >= 11 is 5.99. The Hall–Kier alpha value is -11.5. The summed E-state index contributed by atoms with van der Waals surface area (Å²) in [5.41, 5.74) is 16.4. The number of rotatable bonds is 14. The SMILES string of the molecule is C1CCOC1.CC1(C)OB(c2ccc(-c3ccc(N(c4ccccc4)c4ccccc4)cc3)cc2)OC1(C)C.Clc1nc(-c2ccccc2)nc(-c2ccccc2)n1.c1ccc(-c2nc(-c3ccccc3)nc(-c3ccc(-c4ccc(N(c5ccccc5)c5ccccc5)cc4)cc3)n2)cc1. The van der Waals surface area contributed by atoms with Gasteiger partial charge in [0, 0.05) is 75.2 Å². The van der Waals surface area contributed by atoms with Gasteiger partial charge in [-0.05, 0) is 153 Å². The van der Waals surface area contributed by atoms with Gasteiger partial charge in [-0.15, -0.1) is 0 Å². The van der Waals surface area contributed by atoms with Crippen molar-refractivity contribution < 1.29 is 14.0 Å². The van der Waals surface area contributed by atoms with Crippen LogP contribution < -0.4 is 15.3 Å². The quantitative estimate of drug-likeness (QED) is 0.0970. The highest BCUT2D eigenvalue weighted by atomic mass is 35.5. The molecule has 0 radical (unpaired) electrons. The minimum absolute atomic E-state index is 0.202. The minimum atomic E-state index is -0.341. The summed E-state index contributed by atoms with van der Waals surface area (Å²) in [6, 6.07) is 116. The van der Waals surface area contributed by atoms with E-state index in [4.69, 9.17) is 40.6 Å². The van der Waals surface area contributed by atoms with Gasteiger partial charge in [-0.25, -0.2) is 19.9 Å². The van der Waals surface area contributed by atoms with Crippen LogP contribution in [0, 0.1) is 0 Å². The summed E-state index contributed by atoms with van der Waals surface area (Å²) in [5, 5.41) is 0.202. The van der Waals surface area contributed by atoms with Crippen molar-refractivity contribution in [2.75, 3.05) is 23.0 Å². The third-order valence-corrected chi connectivity index (χ3v) is 17.9. The summed E-state index contributed by atoms with van der Waals surface area (Å²) in [6.07, 6.45) is 2.56. The van der Waals surface area contributed by atoms with Crippen LogP contribution in [0.3, 0.4) is 0 Å². The first kappa shape index (κ1) is 68.0. The average molecular weight is 1340 g/mol. The summed E-state index contributed by atoms with van der Waals surface area (Å²) in [6.45, 7) is 10.3. The van der Waals surface area contributed by atoms with Gasteiger partial charge in [-0.1, -0.05) is 267 Å². The maximum absolute atomic E-state index is 6.19. The molecule has 496 valence electrons. The Morgan fingerprint density at radius 1 is 0.267 bits per heavy atom. The van der Waals surface area contributed by atoms with Crippen molar-refractivity contribution in [1.82, 2.24) is 29.9 Å². The van der Waals surface area contributed by atoms with Gasteiger partial charge >= 0.3 is 7.12 Å². The van der Waals surface area contributed by atoms with Gasteiger partial charge in [0.15, 0.2) is 29.1 Å². The summed E-state index contributed by atoms with van der Waals surface area (Å²) in [7, 11) is -0.341. The number of hydrogen-bond acceptors (Lipinski definition) is 11. The molecule has 11 nitrogen and oxygen atoms in total. The van der Waals surface area contributed by atoms with Crippen LogP contribution in [-0.4, -0.2) is 61.4 Å². The molecule has 0 unspecified atom stereocenters. The Morgan fingerprint density at radius 3 is 0.752 bits per heavy atom. The Kier molecular flexibility index (Phi) is 21.9. The van der Waals surface area contributed by atoms with E-state index < -0.39 is 0 Å². The van der Waals surface area contributed by atoms with Crippen molar-refractivity contribution in [3.05, 3.63) is 345 Å². The average Bonchev–Trinajstić information content (AvgIpc) is 1.73. The van der Waals surface area contributed by atoms with Crippen molar-refractivity contribution in [3.63, 3.8) is 0 Å². The van der Waals surface area contributed by atoms with Crippen molar-refractivity contribution in [2.45, 2.75) is 51.7 Å². The largest absolute Gasteiger partial charge is 0.494 e. The molecule has 2 aliphatic rings. The Labute approximate surface area is 597 Å². The lowest BCUT2D eigenvalue weighted by Gasteiger charge is -2.32. The Morgan fingerprint density at radius 2 is 0.485 bits per heavy atom. The van der Waals surface area contributed by atoms with Gasteiger partial charge in [0.05, 0.1) is 11.2 Å². The molecule has 14 aromatic rings. The van der Waals surface area contributed by atoms with Crippen LogP contribution in [0.25, 0.3) is 79.2 Å². The molecule has 2 saturated heterocycles. The van der Waals surface area contributed by atoms with Crippen LogP contribution >= 0.6 is 11.6 Å². The molecule has 2 aromatic heterocycles. The Balaban J connectivity index is 0.000000139. The molecule has 13 heteroatoms. The van der Waals surface area contributed by atoms with E-state index in [1.807, 2.05) is 146 Å². The lowest BCUT2D eigenvalue weighted by Crippen LogP contribution is -2.41. The van der Waals surface area contributed by atoms with Crippen LogP contribution in [0.4, 0.5) is 34.1 Å². The van der Waals surface area contributed by atoms with Crippen LogP contribution in [-0.2, 0) is 14.0 Å². The number of anilines is 6. The lowest BCUT2D eigenvalue weighted by atomic mass is 9.78. The van der Waals surface area contributed by atoms with E-state index in [0.29, 0.717) is 29.1 Å². The van der Waals surface area contributed by atoms with Gasteiger partial charge < -0.3 is 23.8 Å². The zero-order chi connectivity index (χ0) is 69.2. The summed E-state index contributed by atoms with van der Waals surface area (Å²) in [4.78, 5) is 31.9. The second-order valence-electron chi connectivity index (χ2n) is 25.2. The van der Waals surface area contributed by atoms with Crippen LogP contribution in [0.1, 0.15) is 40.5 Å². The normalized spacial score (nSPS) is 13.3. The summed E-state index contributed by atoms with van der Waals surface area (Å²) < 4.78 is 17.3. The number of para-hydroxylation sites is 4. The van der Waals surface area contributed by atoms with Gasteiger partial charge in [0.25, 0.3) is 0 Å². The predicted octanol–water partition coefficient (Wildman–Crippen LogP) is 21.8. The fourth-order valence-electron chi connectivity index (χ4n) is 11.7. The molecule has 0 bridgehead atoms. The zero-order valence-electron chi connectivity index (χ0n) is 56.9. The molecule has 2 fully saturated rings. The Bertz CT molecular complexity index is 4670. The molecule has 0 atom stereocenters. The maximum atomic E-state index is 6.19. The van der Waals surface area contributed by atoms with Crippen molar-refractivity contribution in [1.29, 1.82) is 0 Å².